The van der Waals surface area contributed by atoms with Crippen molar-refractivity contribution in [3.63, 3.8) is 0 Å². The van der Waals surface area contributed by atoms with E-state index in [4.69, 9.17) is 4.74 Å². The Hall–Kier alpha value is -3.22. The van der Waals surface area contributed by atoms with E-state index in [9.17, 15) is 9.18 Å². The maximum absolute atomic E-state index is 12.8. The number of aryl methyl sites for hydroxylation is 1. The molecule has 7 heteroatoms. The van der Waals surface area contributed by atoms with E-state index in [1.807, 2.05) is 19.2 Å². The zero-order valence-electron chi connectivity index (χ0n) is 13.6. The van der Waals surface area contributed by atoms with Gasteiger partial charge in [0.2, 0.25) is 0 Å². The average molecular weight is 340 g/mol. The fourth-order valence-corrected chi connectivity index (χ4v) is 2.31. The lowest BCUT2D eigenvalue weighted by Crippen LogP contribution is -2.28. The monoisotopic (exact) mass is 340 g/mol. The smallest absolute Gasteiger partial charge is 0.258 e. The molecule has 0 saturated heterocycles. The van der Waals surface area contributed by atoms with Gasteiger partial charge in [-0.05, 0) is 42.0 Å². The second-order valence-electron chi connectivity index (χ2n) is 5.44. The third-order valence-corrected chi connectivity index (χ3v) is 3.58. The van der Waals surface area contributed by atoms with Crippen LogP contribution in [0.25, 0.3) is 11.3 Å². The van der Waals surface area contributed by atoms with Gasteiger partial charge in [0.15, 0.2) is 6.61 Å². The molecule has 0 atom stereocenters. The van der Waals surface area contributed by atoms with Gasteiger partial charge in [-0.15, -0.1) is 0 Å². The quantitative estimate of drug-likeness (QED) is 0.748. The van der Waals surface area contributed by atoms with Gasteiger partial charge < -0.3 is 10.1 Å². The highest BCUT2D eigenvalue weighted by Crippen LogP contribution is 2.18. The van der Waals surface area contributed by atoms with E-state index in [2.05, 4.69) is 15.4 Å². The van der Waals surface area contributed by atoms with Gasteiger partial charge in [0.25, 0.3) is 5.91 Å². The van der Waals surface area contributed by atoms with Crippen molar-refractivity contribution in [2.24, 2.45) is 7.05 Å². The molecule has 0 aliphatic carbocycles. The summed E-state index contributed by atoms with van der Waals surface area (Å²) >= 11 is 0. The Labute approximate surface area is 144 Å². The highest BCUT2D eigenvalue weighted by atomic mass is 19.1. The minimum Gasteiger partial charge on any atom is -0.484 e. The summed E-state index contributed by atoms with van der Waals surface area (Å²) in [5.41, 5.74) is 2.74. The molecule has 1 amide bonds. The minimum atomic E-state index is -0.349. The van der Waals surface area contributed by atoms with Crippen LogP contribution in [0.1, 0.15) is 5.56 Å². The van der Waals surface area contributed by atoms with E-state index in [-0.39, 0.29) is 18.3 Å². The van der Waals surface area contributed by atoms with Crippen LogP contribution in [0.5, 0.6) is 5.75 Å². The zero-order valence-corrected chi connectivity index (χ0v) is 13.6. The Morgan fingerprint density at radius 2 is 2.04 bits per heavy atom. The number of carbonyl (C=O) groups excluding carboxylic acids is 1. The lowest BCUT2D eigenvalue weighted by Gasteiger charge is -2.08. The molecule has 0 bridgehead atoms. The number of pyridine rings is 1. The molecule has 0 spiro atoms. The van der Waals surface area contributed by atoms with Crippen molar-refractivity contribution in [3.8, 4) is 17.0 Å². The number of aromatic nitrogens is 3. The van der Waals surface area contributed by atoms with Crippen molar-refractivity contribution in [2.45, 2.75) is 6.54 Å². The van der Waals surface area contributed by atoms with Crippen molar-refractivity contribution in [1.29, 1.82) is 0 Å². The summed E-state index contributed by atoms with van der Waals surface area (Å²) in [5.74, 6) is -0.177. The predicted octanol–water partition coefficient (Wildman–Crippen LogP) is 2.32. The number of rotatable bonds is 6. The van der Waals surface area contributed by atoms with Crippen LogP contribution in [-0.4, -0.2) is 27.3 Å². The maximum atomic E-state index is 12.8. The molecule has 0 radical (unpaired) electrons. The van der Waals surface area contributed by atoms with E-state index in [0.29, 0.717) is 12.3 Å². The normalized spacial score (nSPS) is 10.5. The number of halogens is 1. The molecule has 0 saturated carbocycles. The zero-order chi connectivity index (χ0) is 17.6. The first-order valence-corrected chi connectivity index (χ1v) is 7.69. The Bertz CT molecular complexity index is 862. The topological polar surface area (TPSA) is 69.0 Å². The largest absolute Gasteiger partial charge is 0.484 e. The molecule has 0 aliphatic rings. The van der Waals surface area contributed by atoms with Gasteiger partial charge in [0, 0.05) is 37.7 Å². The van der Waals surface area contributed by atoms with Crippen molar-refractivity contribution in [1.82, 2.24) is 20.1 Å². The summed E-state index contributed by atoms with van der Waals surface area (Å²) in [7, 11) is 1.86. The molecule has 3 rings (SSSR count). The number of benzene rings is 1. The van der Waals surface area contributed by atoms with Crippen molar-refractivity contribution in [2.75, 3.05) is 6.61 Å². The first kappa shape index (κ1) is 16.6. The standard InChI is InChI=1S/C18H17FN4O2/c1-23-17(6-7-22-23)14-8-13(9-20-11-14)10-21-18(24)12-25-16-4-2-15(19)3-5-16/h2-9,11H,10,12H2,1H3,(H,21,24). The Morgan fingerprint density at radius 1 is 1.24 bits per heavy atom. The molecule has 6 nitrogen and oxygen atoms in total. The average Bonchev–Trinajstić information content (AvgIpc) is 3.06. The third-order valence-electron chi connectivity index (χ3n) is 3.58. The lowest BCUT2D eigenvalue weighted by molar-refractivity contribution is -0.123. The maximum Gasteiger partial charge on any atom is 0.258 e. The van der Waals surface area contributed by atoms with Crippen LogP contribution in [0.15, 0.2) is 55.0 Å². The van der Waals surface area contributed by atoms with Gasteiger partial charge in [0.1, 0.15) is 11.6 Å². The molecular formula is C18H17FN4O2. The summed E-state index contributed by atoms with van der Waals surface area (Å²) in [6, 6.07) is 9.36. The van der Waals surface area contributed by atoms with Crippen LogP contribution < -0.4 is 10.1 Å². The lowest BCUT2D eigenvalue weighted by atomic mass is 10.1. The predicted molar refractivity (Wildman–Crippen MR) is 90.2 cm³/mol. The van der Waals surface area contributed by atoms with Gasteiger partial charge in [-0.1, -0.05) is 0 Å². The Morgan fingerprint density at radius 3 is 2.76 bits per heavy atom. The van der Waals surface area contributed by atoms with E-state index in [0.717, 1.165) is 16.8 Å². The molecule has 0 fully saturated rings. The fourth-order valence-electron chi connectivity index (χ4n) is 2.31. The summed E-state index contributed by atoms with van der Waals surface area (Å²) in [6.45, 7) is 0.199. The van der Waals surface area contributed by atoms with Crippen LogP contribution in [0.4, 0.5) is 4.39 Å². The number of nitrogens with zero attached hydrogens (tertiary/aromatic N) is 3. The highest BCUT2D eigenvalue weighted by Gasteiger charge is 2.06. The van der Waals surface area contributed by atoms with Crippen LogP contribution in [0.3, 0.4) is 0 Å². The van der Waals surface area contributed by atoms with E-state index in [1.165, 1.54) is 24.3 Å². The van der Waals surface area contributed by atoms with Gasteiger partial charge in [-0.3, -0.25) is 14.5 Å². The van der Waals surface area contributed by atoms with Gasteiger partial charge in [-0.2, -0.15) is 5.10 Å². The van der Waals surface area contributed by atoms with Gasteiger partial charge >= 0.3 is 0 Å². The summed E-state index contributed by atoms with van der Waals surface area (Å²) < 4.78 is 19.9. The van der Waals surface area contributed by atoms with Gasteiger partial charge in [0.05, 0.1) is 5.69 Å². The number of hydrogen-bond acceptors (Lipinski definition) is 4. The van der Waals surface area contributed by atoms with Gasteiger partial charge in [-0.25, -0.2) is 4.39 Å². The van der Waals surface area contributed by atoms with Crippen LogP contribution in [0.2, 0.25) is 0 Å². The number of hydrogen-bond donors (Lipinski definition) is 1. The molecule has 2 heterocycles. The molecule has 3 aromatic rings. The van der Waals surface area contributed by atoms with Crippen molar-refractivity contribution >= 4 is 5.91 Å². The molecule has 25 heavy (non-hydrogen) atoms. The molecule has 0 aliphatic heterocycles. The van der Waals surface area contributed by atoms with E-state index >= 15 is 0 Å². The highest BCUT2D eigenvalue weighted by molar-refractivity contribution is 5.77. The third kappa shape index (κ3) is 4.41. The van der Waals surface area contributed by atoms with Crippen LogP contribution >= 0.6 is 0 Å². The van der Waals surface area contributed by atoms with Crippen LogP contribution in [0, 0.1) is 5.82 Å². The van der Waals surface area contributed by atoms with Crippen LogP contribution in [-0.2, 0) is 18.4 Å². The second kappa shape index (κ2) is 7.57. The minimum absolute atomic E-state index is 0.138. The van der Waals surface area contributed by atoms with Crippen molar-refractivity contribution < 1.29 is 13.9 Å². The molecule has 2 aromatic heterocycles. The molecule has 0 unspecified atom stereocenters. The van der Waals surface area contributed by atoms with E-state index < -0.39 is 0 Å². The molecule has 128 valence electrons. The first-order valence-electron chi connectivity index (χ1n) is 7.69. The van der Waals surface area contributed by atoms with E-state index in [1.54, 1.807) is 23.3 Å². The summed E-state index contributed by atoms with van der Waals surface area (Å²) in [4.78, 5) is 16.1. The number of ether oxygens (including phenoxy) is 1. The van der Waals surface area contributed by atoms with Crippen molar-refractivity contribution in [3.05, 3.63) is 66.4 Å². The number of nitrogens with one attached hydrogen (secondary N) is 1. The molecule has 1 N–H and O–H groups in total. The number of amides is 1. The summed E-state index contributed by atoms with van der Waals surface area (Å²) in [5, 5.41) is 6.90. The molecular weight excluding hydrogens is 323 g/mol. The Balaban J connectivity index is 1.54. The first-order chi connectivity index (χ1) is 12.1. The second-order valence-corrected chi connectivity index (χ2v) is 5.44. The number of carbonyl (C=O) groups is 1. The SMILES string of the molecule is Cn1nccc1-c1cncc(CNC(=O)COc2ccc(F)cc2)c1. The fraction of sp³-hybridized carbons (Fsp3) is 0.167. The molecule has 1 aromatic carbocycles. The summed E-state index contributed by atoms with van der Waals surface area (Å²) in [6.07, 6.45) is 5.16. The Kier molecular flexibility index (Phi) is 5.03.